The second-order valence-corrected chi connectivity index (χ2v) is 9.69. The molecule has 0 aromatic heterocycles. The van der Waals surface area contributed by atoms with Crippen molar-refractivity contribution in [2.75, 3.05) is 44.2 Å². The Morgan fingerprint density at radius 1 is 1.00 bits per heavy atom. The molecule has 8 heteroatoms. The van der Waals surface area contributed by atoms with E-state index in [-0.39, 0.29) is 24.4 Å². The van der Waals surface area contributed by atoms with Gasteiger partial charge in [0.2, 0.25) is 5.91 Å². The van der Waals surface area contributed by atoms with Crippen LogP contribution in [0.4, 0.5) is 18.9 Å². The molecule has 0 radical (unpaired) electrons. The summed E-state index contributed by atoms with van der Waals surface area (Å²) in [6, 6.07) is 10.4. The lowest BCUT2D eigenvalue weighted by molar-refractivity contribution is -0.138. The summed E-state index contributed by atoms with van der Waals surface area (Å²) in [6.45, 7) is 7.18. The molecule has 0 saturated carbocycles. The molecule has 0 unspecified atom stereocenters. The lowest BCUT2D eigenvalue weighted by atomic mass is 10.0. The molecule has 2 heterocycles. The summed E-state index contributed by atoms with van der Waals surface area (Å²) in [4.78, 5) is 19.0. The predicted molar refractivity (Wildman–Crippen MR) is 128 cm³/mol. The molecule has 32 heavy (non-hydrogen) atoms. The molecule has 1 saturated heterocycles. The van der Waals surface area contributed by atoms with Crippen molar-refractivity contribution in [1.82, 2.24) is 9.80 Å². The number of fused-ring (bicyclic) bond motifs is 1. The standard InChI is InChI=1S/C24H27F3IN3O/c1-2-29-9-11-30(12-10-29)16-19-4-3-17(13-21(19)24(25,26)27)14-23(32)31-8-7-18-5-6-20(28)15-22(18)31/h3-6,13,15H,2,7-12,14,16H2,1H3. The first-order valence-corrected chi connectivity index (χ1v) is 12.0. The molecule has 4 nitrogen and oxygen atoms in total. The van der Waals surface area contributed by atoms with Crippen molar-refractivity contribution in [3.8, 4) is 0 Å². The van der Waals surface area contributed by atoms with E-state index in [9.17, 15) is 18.0 Å². The van der Waals surface area contributed by atoms with E-state index >= 15 is 0 Å². The maximum Gasteiger partial charge on any atom is 0.416 e. The lowest BCUT2D eigenvalue weighted by Gasteiger charge is -2.34. The summed E-state index contributed by atoms with van der Waals surface area (Å²) < 4.78 is 42.6. The van der Waals surface area contributed by atoms with Gasteiger partial charge in [-0.15, -0.1) is 0 Å². The zero-order valence-electron chi connectivity index (χ0n) is 18.1. The smallest absolute Gasteiger partial charge is 0.311 e. The van der Waals surface area contributed by atoms with Gasteiger partial charge in [-0.25, -0.2) is 0 Å². The number of carbonyl (C=O) groups excluding carboxylic acids is 1. The first-order valence-electron chi connectivity index (χ1n) is 11.0. The minimum Gasteiger partial charge on any atom is -0.311 e. The molecule has 0 bridgehead atoms. The number of amides is 1. The monoisotopic (exact) mass is 557 g/mol. The number of hydrogen-bond acceptors (Lipinski definition) is 3. The number of nitrogens with zero attached hydrogens (tertiary/aromatic N) is 3. The topological polar surface area (TPSA) is 26.8 Å². The van der Waals surface area contributed by atoms with E-state index in [0.29, 0.717) is 12.1 Å². The first-order chi connectivity index (χ1) is 15.2. The van der Waals surface area contributed by atoms with Gasteiger partial charge in [-0.1, -0.05) is 25.1 Å². The van der Waals surface area contributed by atoms with Crippen molar-refractivity contribution in [3.63, 3.8) is 0 Å². The van der Waals surface area contributed by atoms with Crippen LogP contribution in [0.15, 0.2) is 36.4 Å². The van der Waals surface area contributed by atoms with Gasteiger partial charge >= 0.3 is 6.18 Å². The minimum absolute atomic E-state index is 0.0382. The highest BCUT2D eigenvalue weighted by molar-refractivity contribution is 14.1. The van der Waals surface area contributed by atoms with E-state index in [0.717, 1.165) is 54.0 Å². The van der Waals surface area contributed by atoms with Gasteiger partial charge in [0.15, 0.2) is 0 Å². The largest absolute Gasteiger partial charge is 0.416 e. The molecule has 1 amide bonds. The van der Waals surface area contributed by atoms with Gasteiger partial charge in [-0.2, -0.15) is 13.2 Å². The van der Waals surface area contributed by atoms with Crippen LogP contribution in [-0.4, -0.2) is 55.0 Å². The second kappa shape index (κ2) is 9.69. The van der Waals surface area contributed by atoms with Crippen molar-refractivity contribution < 1.29 is 18.0 Å². The Morgan fingerprint density at radius 3 is 2.41 bits per heavy atom. The summed E-state index contributed by atoms with van der Waals surface area (Å²) in [5, 5.41) is 0. The van der Waals surface area contributed by atoms with Crippen LogP contribution >= 0.6 is 22.6 Å². The van der Waals surface area contributed by atoms with Crippen LogP contribution in [0.2, 0.25) is 0 Å². The van der Waals surface area contributed by atoms with Gasteiger partial charge in [0, 0.05) is 48.5 Å². The van der Waals surface area contributed by atoms with E-state index in [4.69, 9.17) is 0 Å². The summed E-state index contributed by atoms with van der Waals surface area (Å²) in [5.41, 5.74) is 2.03. The fraction of sp³-hybridized carbons (Fsp3) is 0.458. The highest BCUT2D eigenvalue weighted by atomic mass is 127. The van der Waals surface area contributed by atoms with Crippen LogP contribution in [0, 0.1) is 3.57 Å². The zero-order valence-corrected chi connectivity index (χ0v) is 20.2. The summed E-state index contributed by atoms with van der Waals surface area (Å²) >= 11 is 2.20. The van der Waals surface area contributed by atoms with Crippen molar-refractivity contribution in [1.29, 1.82) is 0 Å². The van der Waals surface area contributed by atoms with Gasteiger partial charge in [-0.3, -0.25) is 9.69 Å². The van der Waals surface area contributed by atoms with Gasteiger partial charge in [0.1, 0.15) is 0 Å². The van der Waals surface area contributed by atoms with Crippen LogP contribution in [0.5, 0.6) is 0 Å². The third kappa shape index (κ3) is 5.28. The molecule has 1 fully saturated rings. The fourth-order valence-corrected chi connectivity index (χ4v) is 5.00. The fourth-order valence-electron chi connectivity index (χ4n) is 4.52. The number of hydrogen-bond donors (Lipinski definition) is 0. The number of alkyl halides is 3. The average molecular weight is 557 g/mol. The Morgan fingerprint density at radius 2 is 1.72 bits per heavy atom. The molecule has 2 aromatic carbocycles. The Kier molecular flexibility index (Phi) is 7.11. The van der Waals surface area contributed by atoms with Crippen molar-refractivity contribution in [2.24, 2.45) is 0 Å². The maximum absolute atomic E-state index is 13.9. The number of benzene rings is 2. The Hall–Kier alpha value is -1.65. The second-order valence-electron chi connectivity index (χ2n) is 8.44. The van der Waals surface area contributed by atoms with Crippen LogP contribution in [0.1, 0.15) is 29.2 Å². The molecule has 4 rings (SSSR count). The first kappa shape index (κ1) is 23.5. The van der Waals surface area contributed by atoms with Crippen molar-refractivity contribution in [2.45, 2.75) is 32.5 Å². The highest BCUT2D eigenvalue weighted by Gasteiger charge is 2.34. The Bertz CT molecular complexity index is 987. The summed E-state index contributed by atoms with van der Waals surface area (Å²) in [7, 11) is 0. The molecule has 172 valence electrons. The molecular weight excluding hydrogens is 530 g/mol. The van der Waals surface area contributed by atoms with E-state index in [1.54, 1.807) is 17.0 Å². The molecule has 0 N–H and O–H groups in total. The van der Waals surface area contributed by atoms with Gasteiger partial charge in [0.05, 0.1) is 12.0 Å². The predicted octanol–water partition coefficient (Wildman–Crippen LogP) is 4.58. The molecule has 2 aromatic rings. The molecule has 2 aliphatic rings. The van der Waals surface area contributed by atoms with E-state index in [1.807, 2.05) is 18.2 Å². The number of carbonyl (C=O) groups is 1. The molecule has 0 aliphatic carbocycles. The van der Waals surface area contributed by atoms with Crippen LogP contribution in [0.3, 0.4) is 0 Å². The Labute approximate surface area is 200 Å². The zero-order chi connectivity index (χ0) is 22.9. The maximum atomic E-state index is 13.9. The number of rotatable bonds is 5. The summed E-state index contributed by atoms with van der Waals surface area (Å²) in [5.74, 6) is -0.165. The van der Waals surface area contributed by atoms with Crippen LogP contribution in [0.25, 0.3) is 0 Å². The summed E-state index contributed by atoms with van der Waals surface area (Å²) in [6.07, 6.45) is -3.71. The van der Waals surface area contributed by atoms with Gasteiger partial charge < -0.3 is 9.80 Å². The average Bonchev–Trinajstić information content (AvgIpc) is 3.17. The quantitative estimate of drug-likeness (QED) is 0.504. The third-order valence-corrected chi connectivity index (χ3v) is 7.06. The Balaban J connectivity index is 1.50. The van der Waals surface area contributed by atoms with E-state index < -0.39 is 11.7 Å². The molecule has 0 spiro atoms. The molecule has 0 atom stereocenters. The van der Waals surface area contributed by atoms with Gasteiger partial charge in [0.25, 0.3) is 0 Å². The van der Waals surface area contributed by atoms with Gasteiger partial charge in [-0.05, 0) is 70.4 Å². The molecular formula is C24H27F3IN3O. The minimum atomic E-state index is -4.45. The number of halogens is 4. The number of likely N-dealkylation sites (N-methyl/N-ethyl adjacent to an activating group) is 1. The van der Waals surface area contributed by atoms with Crippen LogP contribution < -0.4 is 4.90 Å². The van der Waals surface area contributed by atoms with E-state index in [2.05, 4.69) is 39.3 Å². The SMILES string of the molecule is CCN1CCN(Cc2ccc(CC(=O)N3CCc4ccc(I)cc43)cc2C(F)(F)F)CC1. The van der Waals surface area contributed by atoms with E-state index in [1.165, 1.54) is 6.07 Å². The normalized spacial score (nSPS) is 17.6. The number of piperazine rings is 1. The highest BCUT2D eigenvalue weighted by Crippen LogP contribution is 2.34. The van der Waals surface area contributed by atoms with Crippen molar-refractivity contribution in [3.05, 3.63) is 62.2 Å². The van der Waals surface area contributed by atoms with Crippen LogP contribution in [-0.2, 0) is 30.4 Å². The third-order valence-electron chi connectivity index (χ3n) is 6.39. The molecule has 2 aliphatic heterocycles. The number of anilines is 1. The van der Waals surface area contributed by atoms with Crippen molar-refractivity contribution >= 4 is 34.2 Å². The lowest BCUT2D eigenvalue weighted by Crippen LogP contribution is -2.45.